The topological polar surface area (TPSA) is 89.9 Å². The highest BCUT2D eigenvalue weighted by Gasteiger charge is 2.46. The van der Waals surface area contributed by atoms with E-state index in [1.807, 2.05) is 0 Å². The predicted molar refractivity (Wildman–Crippen MR) is 129 cm³/mol. The number of anilines is 1. The molecule has 2 atom stereocenters. The second-order valence-electron chi connectivity index (χ2n) is 8.55. The Hall–Kier alpha value is -4.42. The molecule has 0 unspecified atom stereocenters. The Morgan fingerprint density at radius 2 is 1.69 bits per heavy atom. The van der Waals surface area contributed by atoms with Crippen LogP contribution in [-0.2, 0) is 11.3 Å². The van der Waals surface area contributed by atoms with Gasteiger partial charge in [-0.2, -0.15) is 8.78 Å². The van der Waals surface area contributed by atoms with E-state index < -0.39 is 65.5 Å². The van der Waals surface area contributed by atoms with Crippen LogP contribution in [0.15, 0.2) is 53.5 Å². The third-order valence-corrected chi connectivity index (χ3v) is 6.27. The lowest BCUT2D eigenvalue weighted by molar-refractivity contribution is -0.118. The molecule has 1 aliphatic heterocycles. The van der Waals surface area contributed by atoms with Crippen molar-refractivity contribution in [1.29, 1.82) is 0 Å². The van der Waals surface area contributed by atoms with Crippen LogP contribution in [0.3, 0.4) is 0 Å². The second-order valence-corrected chi connectivity index (χ2v) is 8.55. The Balaban J connectivity index is 1.74. The number of ether oxygens (including phenoxy) is 2. The largest absolute Gasteiger partial charge is 0.497 e. The minimum atomic E-state index is -3.08. The molecule has 13 heteroatoms. The summed E-state index contributed by atoms with van der Waals surface area (Å²) in [5.41, 5.74) is -1.71. The van der Waals surface area contributed by atoms with Gasteiger partial charge < -0.3 is 24.3 Å². The van der Waals surface area contributed by atoms with Gasteiger partial charge in [0.25, 0.3) is 11.5 Å². The lowest BCUT2D eigenvalue weighted by Gasteiger charge is -2.20. The maximum absolute atomic E-state index is 15.1. The Labute approximate surface area is 218 Å². The number of aryl methyl sites for hydroxylation is 1. The third-order valence-electron chi connectivity index (χ3n) is 6.27. The van der Waals surface area contributed by atoms with Crippen molar-refractivity contribution in [3.05, 3.63) is 87.6 Å². The van der Waals surface area contributed by atoms with Gasteiger partial charge in [0.1, 0.15) is 40.7 Å². The van der Waals surface area contributed by atoms with Crippen molar-refractivity contribution in [2.24, 2.45) is 0 Å². The average molecular weight is 551 g/mol. The fourth-order valence-corrected chi connectivity index (χ4v) is 4.43. The quantitative estimate of drug-likeness (QED) is 0.430. The Morgan fingerprint density at radius 1 is 1.05 bits per heavy atom. The summed E-state index contributed by atoms with van der Waals surface area (Å²) in [5.74, 6) is -6.42. The van der Waals surface area contributed by atoms with Gasteiger partial charge in [-0.3, -0.25) is 14.4 Å². The number of pyridine rings is 1. The van der Waals surface area contributed by atoms with Crippen LogP contribution in [0.5, 0.6) is 11.5 Å². The molecule has 0 aliphatic carbocycles. The van der Waals surface area contributed by atoms with Gasteiger partial charge in [-0.15, -0.1) is 0 Å². The maximum atomic E-state index is 15.1. The van der Waals surface area contributed by atoms with Crippen molar-refractivity contribution in [2.45, 2.75) is 32.0 Å². The first-order valence-electron chi connectivity index (χ1n) is 11.6. The van der Waals surface area contributed by atoms with E-state index in [0.29, 0.717) is 0 Å². The number of aromatic nitrogens is 1. The number of rotatable bonds is 8. The van der Waals surface area contributed by atoms with Crippen LogP contribution in [0.2, 0.25) is 0 Å². The Kier molecular flexibility index (Phi) is 7.88. The van der Waals surface area contributed by atoms with E-state index in [-0.39, 0.29) is 29.3 Å². The van der Waals surface area contributed by atoms with Crippen molar-refractivity contribution in [1.82, 2.24) is 9.88 Å². The maximum Gasteiger partial charge on any atom is 0.387 e. The normalized spacial score (nSPS) is 17.0. The second kappa shape index (κ2) is 11.1. The standard InChI is InChI=1S/C26H22F5N3O5/c1-3-33-11-14(27)8-20(24(33)36)34-12-17(21-18(28)9-16(38-2)10-19(21)29)22(25(34)37)32-23(35)13-4-6-15(7-5-13)39-26(30)31/h4-11,17,22,26H,3,12H2,1-2H3,(H,32,35)/t17-,22-/m0/s1. The fourth-order valence-electron chi connectivity index (χ4n) is 4.43. The molecule has 206 valence electrons. The van der Waals surface area contributed by atoms with Gasteiger partial charge in [0.15, 0.2) is 0 Å². The molecule has 1 aromatic heterocycles. The average Bonchev–Trinajstić information content (AvgIpc) is 3.19. The lowest BCUT2D eigenvalue weighted by atomic mass is 9.92. The summed E-state index contributed by atoms with van der Waals surface area (Å²) in [7, 11) is 1.21. The monoisotopic (exact) mass is 551 g/mol. The summed E-state index contributed by atoms with van der Waals surface area (Å²) in [6, 6.07) is 5.56. The van der Waals surface area contributed by atoms with Crippen LogP contribution in [0.4, 0.5) is 27.6 Å². The first-order valence-corrected chi connectivity index (χ1v) is 11.6. The van der Waals surface area contributed by atoms with Crippen molar-refractivity contribution in [3.8, 4) is 11.5 Å². The third kappa shape index (κ3) is 5.56. The number of carbonyl (C=O) groups is 2. The van der Waals surface area contributed by atoms with Crippen LogP contribution in [0, 0.1) is 17.5 Å². The van der Waals surface area contributed by atoms with Crippen LogP contribution < -0.4 is 25.2 Å². The zero-order chi connectivity index (χ0) is 28.4. The Morgan fingerprint density at radius 3 is 2.26 bits per heavy atom. The number of hydrogen-bond acceptors (Lipinski definition) is 5. The molecule has 1 aliphatic rings. The molecule has 0 saturated carbocycles. The highest BCUT2D eigenvalue weighted by atomic mass is 19.3. The molecule has 39 heavy (non-hydrogen) atoms. The van der Waals surface area contributed by atoms with E-state index in [0.717, 1.165) is 58.1 Å². The van der Waals surface area contributed by atoms with Crippen LogP contribution >= 0.6 is 0 Å². The molecule has 2 heterocycles. The number of methoxy groups -OCH3 is 1. The van der Waals surface area contributed by atoms with Crippen molar-refractivity contribution in [2.75, 3.05) is 18.6 Å². The van der Waals surface area contributed by atoms with Gasteiger partial charge in [-0.1, -0.05) is 0 Å². The summed E-state index contributed by atoms with van der Waals surface area (Å²) < 4.78 is 79.5. The highest BCUT2D eigenvalue weighted by Crippen LogP contribution is 2.36. The summed E-state index contributed by atoms with van der Waals surface area (Å²) >= 11 is 0. The van der Waals surface area contributed by atoms with Crippen molar-refractivity contribution >= 4 is 17.5 Å². The molecule has 3 aromatic rings. The molecule has 8 nitrogen and oxygen atoms in total. The molecule has 0 radical (unpaired) electrons. The summed E-state index contributed by atoms with van der Waals surface area (Å²) in [4.78, 5) is 40.3. The van der Waals surface area contributed by atoms with Crippen molar-refractivity contribution < 1.29 is 41.0 Å². The molecular weight excluding hydrogens is 529 g/mol. The molecule has 2 aromatic carbocycles. The molecule has 0 bridgehead atoms. The van der Waals surface area contributed by atoms with Crippen LogP contribution in [-0.4, -0.2) is 42.7 Å². The van der Waals surface area contributed by atoms with E-state index >= 15 is 8.78 Å². The minimum Gasteiger partial charge on any atom is -0.497 e. The van der Waals surface area contributed by atoms with E-state index in [1.165, 1.54) is 7.11 Å². The molecule has 4 rings (SSSR count). The van der Waals surface area contributed by atoms with Gasteiger partial charge in [-0.25, -0.2) is 13.2 Å². The van der Waals surface area contributed by atoms with Crippen molar-refractivity contribution in [3.63, 3.8) is 0 Å². The lowest BCUT2D eigenvalue weighted by Crippen LogP contribution is -2.44. The number of benzene rings is 2. The summed E-state index contributed by atoms with van der Waals surface area (Å²) in [6.45, 7) is -1.88. The molecular formula is C26H22F5N3O5. The van der Waals surface area contributed by atoms with Gasteiger partial charge in [0.2, 0.25) is 5.91 Å². The van der Waals surface area contributed by atoms with Crippen LogP contribution in [0.1, 0.15) is 28.8 Å². The number of nitrogens with one attached hydrogen (secondary N) is 1. The van der Waals surface area contributed by atoms with Gasteiger partial charge >= 0.3 is 6.61 Å². The number of nitrogens with zero attached hydrogens (tertiary/aromatic N) is 2. The van der Waals surface area contributed by atoms with E-state index in [4.69, 9.17) is 4.74 Å². The van der Waals surface area contributed by atoms with E-state index in [9.17, 15) is 27.6 Å². The number of carbonyl (C=O) groups excluding carboxylic acids is 2. The van der Waals surface area contributed by atoms with E-state index in [1.54, 1.807) is 6.92 Å². The summed E-state index contributed by atoms with van der Waals surface area (Å²) in [5, 5.41) is 2.41. The summed E-state index contributed by atoms with van der Waals surface area (Å²) in [6.07, 6.45) is 0.952. The molecule has 1 saturated heterocycles. The van der Waals surface area contributed by atoms with Gasteiger partial charge in [0, 0.05) is 54.5 Å². The van der Waals surface area contributed by atoms with Crippen LogP contribution in [0.25, 0.3) is 0 Å². The first kappa shape index (κ1) is 27.6. The zero-order valence-corrected chi connectivity index (χ0v) is 20.6. The van der Waals surface area contributed by atoms with Gasteiger partial charge in [0.05, 0.1) is 7.11 Å². The van der Waals surface area contributed by atoms with E-state index in [2.05, 4.69) is 10.1 Å². The number of alkyl halides is 2. The zero-order valence-electron chi connectivity index (χ0n) is 20.6. The fraction of sp³-hybridized carbons (Fsp3) is 0.269. The number of halogens is 5. The SMILES string of the molecule is CCn1cc(F)cc(N2C[C@@H](c3c(F)cc(OC)cc3F)[C@H](NC(=O)c3ccc(OC(F)F)cc3)C2=O)c1=O. The minimum absolute atomic E-state index is 0.0728. The smallest absolute Gasteiger partial charge is 0.387 e. The highest BCUT2D eigenvalue weighted by molar-refractivity contribution is 6.05. The first-order chi connectivity index (χ1) is 18.5. The molecule has 0 spiro atoms. The number of hydrogen-bond donors (Lipinski definition) is 1. The molecule has 1 fully saturated rings. The molecule has 1 N–H and O–H groups in total. The predicted octanol–water partition coefficient (Wildman–Crippen LogP) is 3.82. The van der Waals surface area contributed by atoms with Gasteiger partial charge in [-0.05, 0) is 31.2 Å². The Bertz CT molecular complexity index is 1440. The number of amides is 2. The molecule has 2 amide bonds.